The van der Waals surface area contributed by atoms with Crippen molar-refractivity contribution in [1.82, 2.24) is 5.32 Å². The maximum absolute atomic E-state index is 10.9. The van der Waals surface area contributed by atoms with E-state index in [-0.39, 0.29) is 17.6 Å². The van der Waals surface area contributed by atoms with E-state index in [1.54, 1.807) is 19.4 Å². The highest BCUT2D eigenvalue weighted by molar-refractivity contribution is 8.02. The lowest BCUT2D eigenvalue weighted by molar-refractivity contribution is -0.118. The van der Waals surface area contributed by atoms with Crippen LogP contribution in [0.2, 0.25) is 0 Å². The zero-order chi connectivity index (χ0) is 10.3. The molecule has 0 aromatic heterocycles. The Labute approximate surface area is 83.0 Å². The first-order chi connectivity index (χ1) is 6.07. The fourth-order valence-electron chi connectivity index (χ4n) is 0.700. The maximum atomic E-state index is 10.9. The Morgan fingerprint density at radius 2 is 2.08 bits per heavy atom. The van der Waals surface area contributed by atoms with E-state index < -0.39 is 0 Å². The normalized spacial score (nSPS) is 13.2. The molecule has 0 aromatic rings. The predicted octanol–water partition coefficient (Wildman–Crippen LogP) is 0.999. The summed E-state index contributed by atoms with van der Waals surface area (Å²) in [7, 11) is 1.75. The van der Waals surface area contributed by atoms with Crippen molar-refractivity contribution in [3.05, 3.63) is 11.5 Å². The zero-order valence-corrected chi connectivity index (χ0v) is 8.98. The van der Waals surface area contributed by atoms with Crippen molar-refractivity contribution in [1.29, 1.82) is 0 Å². The molecule has 0 bridgehead atoms. The van der Waals surface area contributed by atoms with Gasteiger partial charge in [0.2, 0.25) is 0 Å². The van der Waals surface area contributed by atoms with E-state index in [0.29, 0.717) is 5.75 Å². The van der Waals surface area contributed by atoms with Crippen LogP contribution in [0.4, 0.5) is 0 Å². The molecule has 3 nitrogen and oxygen atoms in total. The monoisotopic (exact) mass is 201 g/mol. The second kappa shape index (κ2) is 6.86. The number of Topliss-reactive ketones (excluding diaryl/α,β-unsaturated/α-hetero) is 1. The number of hydrogen-bond acceptors (Lipinski definition) is 4. The largest absolute Gasteiger partial charge is 0.310 e. The number of ketones is 2. The van der Waals surface area contributed by atoms with Gasteiger partial charge in [-0.05, 0) is 32.4 Å². The van der Waals surface area contributed by atoms with Crippen LogP contribution >= 0.6 is 11.8 Å². The summed E-state index contributed by atoms with van der Waals surface area (Å²) in [6, 6.07) is -0.124. The first-order valence-electron chi connectivity index (χ1n) is 4.04. The van der Waals surface area contributed by atoms with Crippen LogP contribution in [0.15, 0.2) is 11.5 Å². The highest BCUT2D eigenvalue weighted by Gasteiger charge is 2.09. The van der Waals surface area contributed by atoms with Gasteiger partial charge in [0.1, 0.15) is 5.78 Å². The van der Waals surface area contributed by atoms with Crippen LogP contribution in [0, 0.1) is 0 Å². The molecule has 1 N–H and O–H groups in total. The molecule has 1 unspecified atom stereocenters. The minimum absolute atomic E-state index is 0.0244. The molecular weight excluding hydrogens is 186 g/mol. The van der Waals surface area contributed by atoms with Crippen LogP contribution in [0.25, 0.3) is 0 Å². The smallest absolute Gasteiger partial charge is 0.153 e. The Bertz CT molecular complexity index is 214. The summed E-state index contributed by atoms with van der Waals surface area (Å²) in [5, 5.41) is 4.62. The molecule has 13 heavy (non-hydrogen) atoms. The first kappa shape index (κ1) is 12.4. The number of thioether (sulfide) groups is 1. The van der Waals surface area contributed by atoms with E-state index >= 15 is 0 Å². The Balaban J connectivity index is 3.73. The van der Waals surface area contributed by atoms with E-state index in [1.807, 2.05) is 0 Å². The van der Waals surface area contributed by atoms with Crippen molar-refractivity contribution in [3.63, 3.8) is 0 Å². The molecule has 74 valence electrons. The van der Waals surface area contributed by atoms with Gasteiger partial charge in [0.25, 0.3) is 0 Å². The van der Waals surface area contributed by atoms with Gasteiger partial charge in [0, 0.05) is 5.75 Å². The van der Waals surface area contributed by atoms with Crippen molar-refractivity contribution < 1.29 is 9.59 Å². The molecule has 0 rings (SSSR count). The number of carbonyl (C=O) groups excluding carboxylic acids is 2. The summed E-state index contributed by atoms with van der Waals surface area (Å²) >= 11 is 1.46. The molecular formula is C9H15NO2S. The van der Waals surface area contributed by atoms with Crippen molar-refractivity contribution in [2.75, 3.05) is 12.8 Å². The number of likely N-dealkylation sites (N-methyl/N-ethyl adjacent to an activating group) is 1. The molecule has 4 heteroatoms. The minimum Gasteiger partial charge on any atom is -0.310 e. The highest BCUT2D eigenvalue weighted by atomic mass is 32.2. The van der Waals surface area contributed by atoms with Crippen LogP contribution in [-0.4, -0.2) is 30.4 Å². The Morgan fingerprint density at radius 1 is 1.46 bits per heavy atom. The molecule has 0 saturated heterocycles. The average Bonchev–Trinajstić information content (AvgIpc) is 2.03. The Morgan fingerprint density at radius 3 is 2.46 bits per heavy atom. The molecule has 0 aromatic carbocycles. The predicted molar refractivity (Wildman–Crippen MR) is 55.8 cm³/mol. The quantitative estimate of drug-likeness (QED) is 0.651. The molecule has 0 heterocycles. The summed E-state index contributed by atoms with van der Waals surface area (Å²) in [6.45, 7) is 3.05. The van der Waals surface area contributed by atoms with Gasteiger partial charge in [-0.1, -0.05) is 0 Å². The van der Waals surface area contributed by atoms with Crippen LogP contribution in [0.5, 0.6) is 0 Å². The van der Waals surface area contributed by atoms with E-state index in [0.717, 1.165) is 0 Å². The second-order valence-electron chi connectivity index (χ2n) is 2.70. The number of rotatable bonds is 6. The highest BCUT2D eigenvalue weighted by Crippen LogP contribution is 2.05. The fraction of sp³-hybridized carbons (Fsp3) is 0.556. The summed E-state index contributed by atoms with van der Waals surface area (Å²) in [4.78, 5) is 21.4. The number of nitrogens with one attached hydrogen (secondary N) is 1. The van der Waals surface area contributed by atoms with Gasteiger partial charge in [0.15, 0.2) is 5.78 Å². The number of carbonyl (C=O) groups is 2. The van der Waals surface area contributed by atoms with E-state index in [1.165, 1.54) is 24.8 Å². The van der Waals surface area contributed by atoms with Crippen molar-refractivity contribution in [3.8, 4) is 0 Å². The summed E-state index contributed by atoms with van der Waals surface area (Å²) in [6.07, 6.45) is 1.50. The van der Waals surface area contributed by atoms with Gasteiger partial charge in [0.05, 0.1) is 6.04 Å². The average molecular weight is 201 g/mol. The molecule has 0 aliphatic rings. The van der Waals surface area contributed by atoms with Crippen LogP contribution < -0.4 is 5.32 Å². The lowest BCUT2D eigenvalue weighted by Crippen LogP contribution is -2.34. The molecule has 1 atom stereocenters. The molecule has 0 fully saturated rings. The van der Waals surface area contributed by atoms with Crippen LogP contribution in [0.1, 0.15) is 13.8 Å². The Kier molecular flexibility index (Phi) is 6.54. The Hall–Kier alpha value is -0.610. The van der Waals surface area contributed by atoms with Crippen molar-refractivity contribution >= 4 is 23.3 Å². The number of allylic oxidation sites excluding steroid dienone is 1. The summed E-state index contributed by atoms with van der Waals surface area (Å²) < 4.78 is 0. The maximum Gasteiger partial charge on any atom is 0.153 e. The first-order valence-corrected chi connectivity index (χ1v) is 5.09. The van der Waals surface area contributed by atoms with Gasteiger partial charge in [-0.15, -0.1) is 11.8 Å². The fourth-order valence-corrected chi connectivity index (χ4v) is 1.69. The lowest BCUT2D eigenvalue weighted by atomic mass is 10.2. The third-order valence-corrected chi connectivity index (χ3v) is 2.36. The third-order valence-electron chi connectivity index (χ3n) is 1.50. The topological polar surface area (TPSA) is 46.2 Å². The lowest BCUT2D eigenvalue weighted by Gasteiger charge is -2.09. The standard InChI is InChI=1S/C9H15NO2S/c1-7(11)4-5-13-6-9(10-3)8(2)12/h4-5,9-10H,6H2,1-3H3/b5-4+. The van der Waals surface area contributed by atoms with Crippen molar-refractivity contribution in [2.24, 2.45) is 0 Å². The molecule has 0 spiro atoms. The van der Waals surface area contributed by atoms with Crippen LogP contribution in [-0.2, 0) is 9.59 Å². The van der Waals surface area contributed by atoms with Gasteiger partial charge < -0.3 is 5.32 Å². The molecule has 0 aliphatic heterocycles. The zero-order valence-electron chi connectivity index (χ0n) is 8.16. The van der Waals surface area contributed by atoms with Crippen LogP contribution in [0.3, 0.4) is 0 Å². The SMILES string of the molecule is CNC(CS/C=C/C(C)=O)C(C)=O. The third kappa shape index (κ3) is 6.54. The molecule has 0 aliphatic carbocycles. The molecule has 0 radical (unpaired) electrons. The van der Waals surface area contributed by atoms with E-state index in [9.17, 15) is 9.59 Å². The number of hydrogen-bond donors (Lipinski definition) is 1. The summed E-state index contributed by atoms with van der Waals surface area (Å²) in [5.41, 5.74) is 0. The molecule has 0 amide bonds. The second-order valence-corrected chi connectivity index (χ2v) is 3.64. The van der Waals surface area contributed by atoms with Gasteiger partial charge in [-0.25, -0.2) is 0 Å². The molecule has 0 saturated carbocycles. The van der Waals surface area contributed by atoms with E-state index in [4.69, 9.17) is 0 Å². The van der Waals surface area contributed by atoms with Gasteiger partial charge >= 0.3 is 0 Å². The van der Waals surface area contributed by atoms with Gasteiger partial charge in [-0.2, -0.15) is 0 Å². The van der Waals surface area contributed by atoms with Gasteiger partial charge in [-0.3, -0.25) is 9.59 Å². The summed E-state index contributed by atoms with van der Waals surface area (Å²) in [5.74, 6) is 0.804. The minimum atomic E-state index is -0.124. The van der Waals surface area contributed by atoms with Crippen molar-refractivity contribution in [2.45, 2.75) is 19.9 Å². The van der Waals surface area contributed by atoms with E-state index in [2.05, 4.69) is 5.32 Å².